The van der Waals surface area contributed by atoms with Crippen LogP contribution in [0, 0.1) is 0 Å². The Kier molecular flexibility index (Phi) is 4.01. The van der Waals surface area contributed by atoms with E-state index in [9.17, 15) is 4.79 Å². The summed E-state index contributed by atoms with van der Waals surface area (Å²) in [6, 6.07) is 0.398. The summed E-state index contributed by atoms with van der Waals surface area (Å²) in [6.07, 6.45) is 2.20. The molecule has 1 aliphatic rings. The molecular formula is C10H16N4O2S. The zero-order chi connectivity index (χ0) is 12.3. The van der Waals surface area contributed by atoms with Crippen molar-refractivity contribution in [3.05, 3.63) is 5.89 Å². The highest BCUT2D eigenvalue weighted by molar-refractivity contribution is 7.99. The number of hydrogen-bond acceptors (Lipinski definition) is 6. The first-order valence-corrected chi connectivity index (χ1v) is 6.51. The van der Waals surface area contributed by atoms with E-state index < -0.39 is 0 Å². The van der Waals surface area contributed by atoms with E-state index in [0.29, 0.717) is 29.5 Å². The Morgan fingerprint density at radius 2 is 2.29 bits per heavy atom. The van der Waals surface area contributed by atoms with Crippen LogP contribution in [-0.2, 0) is 11.3 Å². The predicted octanol–water partition coefficient (Wildman–Crippen LogP) is 0.502. The zero-order valence-electron chi connectivity index (χ0n) is 9.97. The van der Waals surface area contributed by atoms with E-state index in [1.165, 1.54) is 11.8 Å². The maximum atomic E-state index is 11.4. The number of aromatic nitrogens is 2. The summed E-state index contributed by atoms with van der Waals surface area (Å²) in [5, 5.41) is 11.1. The van der Waals surface area contributed by atoms with Gasteiger partial charge in [0, 0.05) is 6.04 Å². The summed E-state index contributed by atoms with van der Waals surface area (Å²) in [4.78, 5) is 13.4. The largest absolute Gasteiger partial charge is 0.415 e. The first kappa shape index (κ1) is 12.4. The lowest BCUT2D eigenvalue weighted by Crippen LogP contribution is -2.26. The summed E-state index contributed by atoms with van der Waals surface area (Å²) < 4.78 is 5.38. The van der Waals surface area contributed by atoms with Crippen molar-refractivity contribution < 1.29 is 9.21 Å². The SMILES string of the molecule is CN(C)Cc1nnc(SCC(=O)NC2CC2)o1. The molecule has 1 N–H and O–H groups in total. The third kappa shape index (κ3) is 4.35. The molecule has 0 aromatic carbocycles. The summed E-state index contributed by atoms with van der Waals surface area (Å²) >= 11 is 1.28. The molecule has 94 valence electrons. The lowest BCUT2D eigenvalue weighted by atomic mass is 10.6. The van der Waals surface area contributed by atoms with Gasteiger partial charge in [0.1, 0.15) is 0 Å². The van der Waals surface area contributed by atoms with Gasteiger partial charge in [0.05, 0.1) is 12.3 Å². The lowest BCUT2D eigenvalue weighted by molar-refractivity contribution is -0.118. The van der Waals surface area contributed by atoms with E-state index in [4.69, 9.17) is 4.42 Å². The minimum atomic E-state index is 0.0323. The van der Waals surface area contributed by atoms with Gasteiger partial charge >= 0.3 is 0 Å². The Labute approximate surface area is 104 Å². The lowest BCUT2D eigenvalue weighted by Gasteiger charge is -2.03. The van der Waals surface area contributed by atoms with Gasteiger partial charge in [0.25, 0.3) is 5.22 Å². The third-order valence-corrected chi connectivity index (χ3v) is 2.99. The highest BCUT2D eigenvalue weighted by atomic mass is 32.2. The van der Waals surface area contributed by atoms with E-state index in [2.05, 4.69) is 15.5 Å². The quantitative estimate of drug-likeness (QED) is 0.747. The number of hydrogen-bond donors (Lipinski definition) is 1. The van der Waals surface area contributed by atoms with Crippen LogP contribution in [0.15, 0.2) is 9.64 Å². The molecule has 0 saturated heterocycles. The fourth-order valence-electron chi connectivity index (χ4n) is 1.26. The molecule has 1 fully saturated rings. The number of amides is 1. The molecule has 0 atom stereocenters. The van der Waals surface area contributed by atoms with Gasteiger partial charge in [0.15, 0.2) is 0 Å². The number of thioether (sulfide) groups is 1. The van der Waals surface area contributed by atoms with Gasteiger partial charge in [-0.25, -0.2) is 0 Å². The van der Waals surface area contributed by atoms with Gasteiger partial charge in [-0.3, -0.25) is 4.79 Å². The van der Waals surface area contributed by atoms with Gasteiger partial charge < -0.3 is 14.6 Å². The molecule has 7 heteroatoms. The van der Waals surface area contributed by atoms with Crippen LogP contribution in [0.3, 0.4) is 0 Å². The van der Waals surface area contributed by atoms with Crippen molar-refractivity contribution in [1.29, 1.82) is 0 Å². The first-order chi connectivity index (χ1) is 8.13. The monoisotopic (exact) mass is 256 g/mol. The van der Waals surface area contributed by atoms with E-state index in [1.54, 1.807) is 0 Å². The average Bonchev–Trinajstić information content (AvgIpc) is 2.94. The molecule has 0 spiro atoms. The number of nitrogens with one attached hydrogen (secondary N) is 1. The van der Waals surface area contributed by atoms with Gasteiger partial charge in [-0.05, 0) is 26.9 Å². The second-order valence-corrected chi connectivity index (χ2v) is 5.26. The van der Waals surface area contributed by atoms with Gasteiger partial charge in [-0.2, -0.15) is 0 Å². The topological polar surface area (TPSA) is 71.3 Å². The van der Waals surface area contributed by atoms with Crippen LogP contribution in [0.5, 0.6) is 0 Å². The second kappa shape index (κ2) is 5.50. The van der Waals surface area contributed by atoms with Crippen molar-refractivity contribution in [3.63, 3.8) is 0 Å². The van der Waals surface area contributed by atoms with E-state index in [0.717, 1.165) is 12.8 Å². The summed E-state index contributed by atoms with van der Waals surface area (Å²) in [6.45, 7) is 0.613. The van der Waals surface area contributed by atoms with Crippen LogP contribution in [0.2, 0.25) is 0 Å². The van der Waals surface area contributed by atoms with Crippen molar-refractivity contribution in [2.75, 3.05) is 19.8 Å². The third-order valence-electron chi connectivity index (χ3n) is 2.17. The average molecular weight is 256 g/mol. The van der Waals surface area contributed by atoms with Crippen LogP contribution in [0.25, 0.3) is 0 Å². The molecule has 1 heterocycles. The Bertz CT molecular complexity index is 389. The Hall–Kier alpha value is -1.08. The molecular weight excluding hydrogens is 240 g/mol. The Morgan fingerprint density at radius 3 is 2.94 bits per heavy atom. The number of carbonyl (C=O) groups is 1. The maximum absolute atomic E-state index is 11.4. The van der Waals surface area contributed by atoms with Crippen molar-refractivity contribution in [2.45, 2.75) is 30.7 Å². The summed E-state index contributed by atoms with van der Waals surface area (Å²) in [7, 11) is 3.86. The summed E-state index contributed by atoms with van der Waals surface area (Å²) in [5.41, 5.74) is 0. The molecule has 1 saturated carbocycles. The minimum Gasteiger partial charge on any atom is -0.415 e. The number of nitrogens with zero attached hydrogens (tertiary/aromatic N) is 3. The predicted molar refractivity (Wildman–Crippen MR) is 63.6 cm³/mol. The van der Waals surface area contributed by atoms with Crippen LogP contribution in [-0.4, -0.2) is 46.9 Å². The van der Waals surface area contributed by atoms with Crippen molar-refractivity contribution in [2.24, 2.45) is 0 Å². The van der Waals surface area contributed by atoms with Crippen molar-refractivity contribution in [3.8, 4) is 0 Å². The number of rotatable bonds is 6. The van der Waals surface area contributed by atoms with Gasteiger partial charge in [-0.15, -0.1) is 10.2 Å². The molecule has 17 heavy (non-hydrogen) atoms. The molecule has 6 nitrogen and oxygen atoms in total. The standard InChI is InChI=1S/C10H16N4O2S/c1-14(2)5-9-12-13-10(16-9)17-6-8(15)11-7-3-4-7/h7H,3-6H2,1-2H3,(H,11,15). The molecule has 0 unspecified atom stereocenters. The van der Waals surface area contributed by atoms with Crippen LogP contribution in [0.4, 0.5) is 0 Å². The van der Waals surface area contributed by atoms with Crippen LogP contribution < -0.4 is 5.32 Å². The van der Waals surface area contributed by atoms with Crippen LogP contribution in [0.1, 0.15) is 18.7 Å². The highest BCUT2D eigenvalue weighted by Gasteiger charge is 2.23. The minimum absolute atomic E-state index is 0.0323. The van der Waals surface area contributed by atoms with Gasteiger partial charge in [-0.1, -0.05) is 11.8 Å². The Morgan fingerprint density at radius 1 is 1.53 bits per heavy atom. The highest BCUT2D eigenvalue weighted by Crippen LogP contribution is 2.20. The molecule has 1 aromatic heterocycles. The second-order valence-electron chi connectivity index (χ2n) is 4.33. The van der Waals surface area contributed by atoms with Crippen molar-refractivity contribution >= 4 is 17.7 Å². The molecule has 1 aromatic rings. The van der Waals surface area contributed by atoms with E-state index >= 15 is 0 Å². The fraction of sp³-hybridized carbons (Fsp3) is 0.700. The van der Waals surface area contributed by atoms with E-state index in [1.807, 2.05) is 19.0 Å². The van der Waals surface area contributed by atoms with Gasteiger partial charge in [0.2, 0.25) is 11.8 Å². The first-order valence-electron chi connectivity index (χ1n) is 5.53. The zero-order valence-corrected chi connectivity index (χ0v) is 10.8. The molecule has 0 bridgehead atoms. The smallest absolute Gasteiger partial charge is 0.277 e. The normalized spacial score (nSPS) is 15.2. The molecule has 0 radical (unpaired) electrons. The molecule has 0 aliphatic heterocycles. The van der Waals surface area contributed by atoms with E-state index in [-0.39, 0.29) is 5.91 Å². The number of carbonyl (C=O) groups excluding carboxylic acids is 1. The van der Waals surface area contributed by atoms with Crippen molar-refractivity contribution in [1.82, 2.24) is 20.4 Å². The molecule has 1 amide bonds. The Balaban J connectivity index is 1.74. The fourth-order valence-corrected chi connectivity index (χ4v) is 1.85. The molecule has 1 aliphatic carbocycles. The summed E-state index contributed by atoms with van der Waals surface area (Å²) in [5.74, 6) is 0.935. The maximum Gasteiger partial charge on any atom is 0.277 e. The van der Waals surface area contributed by atoms with Crippen LogP contribution >= 0.6 is 11.8 Å². The molecule has 2 rings (SSSR count).